The molecule has 1 aromatic heterocycles. The van der Waals surface area contributed by atoms with Crippen molar-refractivity contribution in [3.8, 4) is 5.75 Å². The number of allylic oxidation sites excluding steroid dienone is 6. The van der Waals surface area contributed by atoms with E-state index in [9.17, 15) is 14.4 Å². The summed E-state index contributed by atoms with van der Waals surface area (Å²) in [6, 6.07) is 3.10. The van der Waals surface area contributed by atoms with E-state index in [0.717, 1.165) is 12.0 Å². The number of carboxylic acid groups (broad SMARTS) is 1. The molecule has 0 saturated carbocycles. The molecule has 1 aliphatic rings. The fourth-order valence-electron chi connectivity index (χ4n) is 3.38. The number of anilines is 1. The molecule has 150 valence electrons. The van der Waals surface area contributed by atoms with Crippen LogP contribution in [0.25, 0.3) is 10.9 Å². The Labute approximate surface area is 166 Å². The lowest BCUT2D eigenvalue weighted by Crippen LogP contribution is -2.24. The molecule has 1 aliphatic carbocycles. The number of carbonyl (C=O) groups is 3. The summed E-state index contributed by atoms with van der Waals surface area (Å²) in [6.07, 6.45) is 10.5. The number of nitrogen functional groups attached to an aromatic ring is 1. The Kier molecular flexibility index (Phi) is 5.54. The number of amides is 1. The molecule has 1 amide bonds. The molecule has 0 saturated heterocycles. The first-order valence-corrected chi connectivity index (χ1v) is 8.92. The number of nitrogens with zero attached hydrogens (tertiary/aromatic N) is 1. The summed E-state index contributed by atoms with van der Waals surface area (Å²) < 4.78 is 7.23. The van der Waals surface area contributed by atoms with Gasteiger partial charge in [0.15, 0.2) is 6.61 Å². The van der Waals surface area contributed by atoms with E-state index in [1.807, 2.05) is 34.9 Å². The molecule has 0 fully saturated rings. The molecule has 3 rings (SSSR count). The standard InChI is InChI=1S/C21H21N3O5/c1-12-18(20(27)21(23)28)19-15(8-14(22)9-16(19)29-11-17(25)26)24(12)10-13-6-4-2-3-5-7-13/h2-6,8-9H,7,10-11,22H2,1H3,(H2,23,28)(H,25,26). The zero-order valence-electron chi connectivity index (χ0n) is 15.8. The van der Waals surface area contributed by atoms with Gasteiger partial charge in [0.05, 0.1) is 16.5 Å². The summed E-state index contributed by atoms with van der Waals surface area (Å²) in [5, 5.41) is 9.28. The summed E-state index contributed by atoms with van der Waals surface area (Å²) >= 11 is 0. The van der Waals surface area contributed by atoms with E-state index in [4.69, 9.17) is 21.3 Å². The molecule has 0 aliphatic heterocycles. The third-order valence-corrected chi connectivity index (χ3v) is 4.64. The number of nitrogens with two attached hydrogens (primary N) is 2. The van der Waals surface area contributed by atoms with Gasteiger partial charge in [0.2, 0.25) is 0 Å². The van der Waals surface area contributed by atoms with Gasteiger partial charge in [-0.2, -0.15) is 0 Å². The van der Waals surface area contributed by atoms with Crippen LogP contribution in [0.1, 0.15) is 22.5 Å². The predicted octanol–water partition coefficient (Wildman–Crippen LogP) is 2.11. The third-order valence-electron chi connectivity index (χ3n) is 4.64. The fourth-order valence-corrected chi connectivity index (χ4v) is 3.38. The van der Waals surface area contributed by atoms with E-state index in [-0.39, 0.29) is 11.3 Å². The van der Waals surface area contributed by atoms with Crippen LogP contribution in [0.4, 0.5) is 5.69 Å². The van der Waals surface area contributed by atoms with Gasteiger partial charge < -0.3 is 25.9 Å². The second kappa shape index (κ2) is 8.05. The van der Waals surface area contributed by atoms with Crippen LogP contribution in [-0.4, -0.2) is 33.9 Å². The third kappa shape index (κ3) is 4.06. The van der Waals surface area contributed by atoms with Gasteiger partial charge in [0, 0.05) is 24.0 Å². The Bertz CT molecular complexity index is 1110. The highest BCUT2D eigenvalue weighted by atomic mass is 16.5. The summed E-state index contributed by atoms with van der Waals surface area (Å²) in [4.78, 5) is 35.2. The minimum atomic E-state index is -1.18. The fraction of sp³-hybridized carbons (Fsp3) is 0.190. The molecule has 0 unspecified atom stereocenters. The number of primary amides is 1. The minimum absolute atomic E-state index is 0.0909. The van der Waals surface area contributed by atoms with Crippen molar-refractivity contribution in [1.29, 1.82) is 0 Å². The zero-order chi connectivity index (χ0) is 21.1. The number of hydrogen-bond acceptors (Lipinski definition) is 5. The first-order valence-electron chi connectivity index (χ1n) is 8.92. The normalized spacial score (nSPS) is 13.2. The van der Waals surface area contributed by atoms with Crippen LogP contribution in [0.5, 0.6) is 5.75 Å². The maximum Gasteiger partial charge on any atom is 0.341 e. The summed E-state index contributed by atoms with van der Waals surface area (Å²) in [6.45, 7) is 1.54. The van der Waals surface area contributed by atoms with Gasteiger partial charge in [-0.1, -0.05) is 30.4 Å². The molecule has 0 spiro atoms. The lowest BCUT2D eigenvalue weighted by Gasteiger charge is -2.12. The molecule has 8 heteroatoms. The first-order chi connectivity index (χ1) is 13.8. The maximum atomic E-state index is 12.6. The van der Waals surface area contributed by atoms with Gasteiger partial charge in [-0.05, 0) is 25.0 Å². The highest BCUT2D eigenvalue weighted by Crippen LogP contribution is 2.37. The molecular weight excluding hydrogens is 374 g/mol. The molecule has 0 atom stereocenters. The van der Waals surface area contributed by atoms with Crippen LogP contribution in [0.2, 0.25) is 0 Å². The Morgan fingerprint density at radius 1 is 1.21 bits per heavy atom. The lowest BCUT2D eigenvalue weighted by molar-refractivity contribution is -0.139. The highest BCUT2D eigenvalue weighted by Gasteiger charge is 2.27. The molecule has 1 aromatic carbocycles. The molecular formula is C21H21N3O5. The topological polar surface area (TPSA) is 138 Å². The molecule has 5 N–H and O–H groups in total. The predicted molar refractivity (Wildman–Crippen MR) is 109 cm³/mol. The average molecular weight is 395 g/mol. The molecule has 0 bridgehead atoms. The maximum absolute atomic E-state index is 12.6. The Balaban J connectivity index is 2.24. The average Bonchev–Trinajstić information content (AvgIpc) is 2.82. The Morgan fingerprint density at radius 3 is 2.66 bits per heavy atom. The SMILES string of the molecule is Cc1c(C(=O)C(N)=O)c2c(OCC(=O)O)cc(N)cc2n1CC1=CC=CC=CC1. The van der Waals surface area contributed by atoms with Crippen LogP contribution in [-0.2, 0) is 16.1 Å². The molecule has 0 radical (unpaired) electrons. The molecule has 1 heterocycles. The number of ketones is 1. The highest BCUT2D eigenvalue weighted by molar-refractivity contribution is 6.45. The van der Waals surface area contributed by atoms with Gasteiger partial charge in [0.25, 0.3) is 11.7 Å². The quantitative estimate of drug-likeness (QED) is 0.373. The van der Waals surface area contributed by atoms with Crippen molar-refractivity contribution in [3.05, 3.63) is 59.3 Å². The first kappa shape index (κ1) is 19.9. The Hall–Kier alpha value is -3.81. The van der Waals surface area contributed by atoms with Crippen molar-refractivity contribution in [3.63, 3.8) is 0 Å². The van der Waals surface area contributed by atoms with Crippen LogP contribution in [0.15, 0.2) is 48.1 Å². The van der Waals surface area contributed by atoms with E-state index < -0.39 is 24.3 Å². The van der Waals surface area contributed by atoms with Crippen molar-refractivity contribution >= 4 is 34.3 Å². The number of aromatic nitrogens is 1. The number of benzene rings is 1. The van der Waals surface area contributed by atoms with Crippen LogP contribution >= 0.6 is 0 Å². The van der Waals surface area contributed by atoms with Crippen molar-refractivity contribution in [2.75, 3.05) is 12.3 Å². The Morgan fingerprint density at radius 2 is 1.97 bits per heavy atom. The van der Waals surface area contributed by atoms with E-state index in [0.29, 0.717) is 28.8 Å². The van der Waals surface area contributed by atoms with Gasteiger partial charge in [-0.25, -0.2) is 4.79 Å². The van der Waals surface area contributed by atoms with Crippen molar-refractivity contribution in [2.24, 2.45) is 5.73 Å². The number of Topliss-reactive ketones (excluding diaryl/α,β-unsaturated/α-hetero) is 1. The van der Waals surface area contributed by atoms with Crippen molar-refractivity contribution in [2.45, 2.75) is 19.9 Å². The number of ether oxygens (including phenoxy) is 1. The molecule has 8 nitrogen and oxygen atoms in total. The number of aliphatic carboxylic acids is 1. The number of hydrogen-bond donors (Lipinski definition) is 3. The monoisotopic (exact) mass is 395 g/mol. The van der Waals surface area contributed by atoms with Crippen LogP contribution in [0, 0.1) is 6.92 Å². The summed E-state index contributed by atoms with van der Waals surface area (Å²) in [7, 11) is 0. The minimum Gasteiger partial charge on any atom is -0.481 e. The van der Waals surface area contributed by atoms with Crippen molar-refractivity contribution < 1.29 is 24.2 Å². The second-order valence-corrected chi connectivity index (χ2v) is 6.68. The van der Waals surface area contributed by atoms with Gasteiger partial charge in [0.1, 0.15) is 5.75 Å². The summed E-state index contributed by atoms with van der Waals surface area (Å²) in [5.41, 5.74) is 13.8. The van der Waals surface area contributed by atoms with Crippen LogP contribution in [0.3, 0.4) is 0 Å². The smallest absolute Gasteiger partial charge is 0.341 e. The van der Waals surface area contributed by atoms with E-state index in [1.165, 1.54) is 6.07 Å². The largest absolute Gasteiger partial charge is 0.481 e. The van der Waals surface area contributed by atoms with Crippen LogP contribution < -0.4 is 16.2 Å². The molecule has 2 aromatic rings. The van der Waals surface area contributed by atoms with E-state index >= 15 is 0 Å². The number of rotatable bonds is 7. The van der Waals surface area contributed by atoms with E-state index in [1.54, 1.807) is 13.0 Å². The number of carbonyl (C=O) groups excluding carboxylic acids is 2. The van der Waals surface area contributed by atoms with E-state index in [2.05, 4.69) is 0 Å². The molecule has 29 heavy (non-hydrogen) atoms. The van der Waals surface area contributed by atoms with Crippen molar-refractivity contribution in [1.82, 2.24) is 4.57 Å². The zero-order valence-corrected chi connectivity index (χ0v) is 15.8. The number of fused-ring (bicyclic) bond motifs is 1. The van der Waals surface area contributed by atoms with Gasteiger partial charge >= 0.3 is 5.97 Å². The van der Waals surface area contributed by atoms with Gasteiger partial charge in [-0.3, -0.25) is 9.59 Å². The summed E-state index contributed by atoms with van der Waals surface area (Å²) in [5.74, 6) is -3.04. The lowest BCUT2D eigenvalue weighted by atomic mass is 10.0. The number of carboxylic acids is 1. The second-order valence-electron chi connectivity index (χ2n) is 6.68. The van der Waals surface area contributed by atoms with Gasteiger partial charge in [-0.15, -0.1) is 0 Å².